The third-order valence-corrected chi connectivity index (χ3v) is 2.04. The van der Waals surface area contributed by atoms with E-state index < -0.39 is 0 Å². The monoisotopic (exact) mass is 231 g/mol. The summed E-state index contributed by atoms with van der Waals surface area (Å²) in [5.41, 5.74) is 5.34. The molecule has 0 aliphatic rings. The van der Waals surface area contributed by atoms with Crippen molar-refractivity contribution >= 4 is 5.84 Å². The van der Waals surface area contributed by atoms with E-state index in [-0.39, 0.29) is 0 Å². The Balaban J connectivity index is 3.04. The molecule has 0 unspecified atom stereocenters. The Hall–Kier alpha value is -0.810. The van der Waals surface area contributed by atoms with Crippen LogP contribution in [0, 0.1) is 5.92 Å². The summed E-state index contributed by atoms with van der Waals surface area (Å²) in [7, 11) is 0. The molecule has 0 aromatic rings. The fourth-order valence-corrected chi connectivity index (χ4v) is 1.19. The number of amidine groups is 1. The molecule has 5 heteroatoms. The molecule has 4 N–H and O–H groups in total. The summed E-state index contributed by atoms with van der Waals surface area (Å²) in [4.78, 5) is 0. The van der Waals surface area contributed by atoms with Crippen molar-refractivity contribution in [3.8, 4) is 0 Å². The van der Waals surface area contributed by atoms with Gasteiger partial charge in [0.25, 0.3) is 0 Å². The Labute approximate surface area is 98.0 Å². The molecule has 0 aliphatic carbocycles. The van der Waals surface area contributed by atoms with E-state index in [1.165, 1.54) is 0 Å². The topological polar surface area (TPSA) is 79.9 Å². The van der Waals surface area contributed by atoms with Crippen LogP contribution in [-0.4, -0.2) is 37.3 Å². The first kappa shape index (κ1) is 15.2. The van der Waals surface area contributed by atoms with Crippen molar-refractivity contribution in [1.82, 2.24) is 5.32 Å². The number of rotatable bonds is 10. The Morgan fingerprint density at radius 1 is 1.38 bits per heavy atom. The number of nitrogens with one attached hydrogen (secondary N) is 1. The maximum absolute atomic E-state index is 8.31. The number of nitrogens with zero attached hydrogens (tertiary/aromatic N) is 1. The van der Waals surface area contributed by atoms with Crippen LogP contribution in [0.5, 0.6) is 0 Å². The van der Waals surface area contributed by atoms with Crippen molar-refractivity contribution in [2.75, 3.05) is 26.3 Å². The van der Waals surface area contributed by atoms with Gasteiger partial charge in [0.2, 0.25) is 0 Å². The molecule has 5 nitrogen and oxygen atoms in total. The zero-order valence-electron chi connectivity index (χ0n) is 10.4. The van der Waals surface area contributed by atoms with Crippen molar-refractivity contribution < 1.29 is 9.94 Å². The zero-order chi connectivity index (χ0) is 12.2. The van der Waals surface area contributed by atoms with Gasteiger partial charge in [-0.2, -0.15) is 0 Å². The van der Waals surface area contributed by atoms with Crippen LogP contribution < -0.4 is 11.1 Å². The van der Waals surface area contributed by atoms with E-state index in [0.29, 0.717) is 18.2 Å². The molecule has 0 saturated carbocycles. The molecular weight excluding hydrogens is 206 g/mol. The molecule has 0 aromatic heterocycles. The van der Waals surface area contributed by atoms with Gasteiger partial charge in [-0.1, -0.05) is 19.0 Å². The highest BCUT2D eigenvalue weighted by atomic mass is 16.5. The quantitative estimate of drug-likeness (QED) is 0.173. The van der Waals surface area contributed by atoms with Gasteiger partial charge in [0.15, 0.2) is 0 Å². The maximum Gasteiger partial charge on any atom is 0.139 e. The Bertz CT molecular complexity index is 184. The molecule has 0 rings (SSSR count). The van der Waals surface area contributed by atoms with E-state index in [1.54, 1.807) is 0 Å². The predicted octanol–water partition coefficient (Wildman–Crippen LogP) is 1.17. The van der Waals surface area contributed by atoms with Crippen LogP contribution in [0.4, 0.5) is 0 Å². The molecule has 0 spiro atoms. The summed E-state index contributed by atoms with van der Waals surface area (Å²) < 4.78 is 5.42. The number of hydrogen-bond acceptors (Lipinski definition) is 4. The van der Waals surface area contributed by atoms with Crippen LogP contribution in [-0.2, 0) is 4.74 Å². The van der Waals surface area contributed by atoms with Crippen molar-refractivity contribution in [2.45, 2.75) is 33.1 Å². The lowest BCUT2D eigenvalue weighted by molar-refractivity contribution is 0.112. The standard InChI is InChI=1S/C11H25N3O2/c1-10(2)9-16-8-7-13-6-4-3-5-11(12)14-15/h10,13,15H,3-9H2,1-2H3,(H2,12,14). The molecule has 0 aliphatic heterocycles. The first-order chi connectivity index (χ1) is 7.66. The predicted molar refractivity (Wildman–Crippen MR) is 65.8 cm³/mol. The molecule has 16 heavy (non-hydrogen) atoms. The summed E-state index contributed by atoms with van der Waals surface area (Å²) in [6, 6.07) is 0. The summed E-state index contributed by atoms with van der Waals surface area (Å²) in [6.45, 7) is 7.70. The van der Waals surface area contributed by atoms with Crippen LogP contribution in [0.3, 0.4) is 0 Å². The van der Waals surface area contributed by atoms with Gasteiger partial charge in [-0.15, -0.1) is 0 Å². The summed E-state index contributed by atoms with van der Waals surface area (Å²) in [6.07, 6.45) is 2.62. The van der Waals surface area contributed by atoms with Crippen molar-refractivity contribution in [3.05, 3.63) is 0 Å². The summed E-state index contributed by atoms with van der Waals surface area (Å²) in [5.74, 6) is 0.904. The summed E-state index contributed by atoms with van der Waals surface area (Å²) in [5, 5.41) is 14.5. The Morgan fingerprint density at radius 3 is 2.75 bits per heavy atom. The van der Waals surface area contributed by atoms with Gasteiger partial charge in [0.1, 0.15) is 5.84 Å². The normalized spacial score (nSPS) is 12.3. The van der Waals surface area contributed by atoms with Crippen LogP contribution in [0.2, 0.25) is 0 Å². The average molecular weight is 231 g/mol. The molecule has 0 bridgehead atoms. The highest BCUT2D eigenvalue weighted by Gasteiger charge is 1.95. The fraction of sp³-hybridized carbons (Fsp3) is 0.909. The number of unbranched alkanes of at least 4 members (excludes halogenated alkanes) is 1. The number of ether oxygens (including phenoxy) is 1. The highest BCUT2D eigenvalue weighted by molar-refractivity contribution is 5.79. The fourth-order valence-electron chi connectivity index (χ4n) is 1.19. The minimum atomic E-state index is 0.306. The largest absolute Gasteiger partial charge is 0.409 e. The lowest BCUT2D eigenvalue weighted by atomic mass is 10.2. The smallest absolute Gasteiger partial charge is 0.139 e. The van der Waals surface area contributed by atoms with Gasteiger partial charge in [-0.05, 0) is 25.3 Å². The molecular formula is C11H25N3O2. The first-order valence-corrected chi connectivity index (χ1v) is 5.91. The van der Waals surface area contributed by atoms with E-state index in [9.17, 15) is 0 Å². The first-order valence-electron chi connectivity index (χ1n) is 5.91. The molecule has 0 atom stereocenters. The third-order valence-electron chi connectivity index (χ3n) is 2.04. The minimum Gasteiger partial charge on any atom is -0.409 e. The van der Waals surface area contributed by atoms with Gasteiger partial charge >= 0.3 is 0 Å². The molecule has 0 fully saturated rings. The SMILES string of the molecule is CC(C)COCCNCCCCC(N)=NO. The van der Waals surface area contributed by atoms with Gasteiger partial charge in [0.05, 0.1) is 6.61 Å². The third kappa shape index (κ3) is 11.3. The number of oxime groups is 1. The highest BCUT2D eigenvalue weighted by Crippen LogP contribution is 1.94. The van der Waals surface area contributed by atoms with Gasteiger partial charge in [-0.3, -0.25) is 0 Å². The molecule has 0 radical (unpaired) electrons. The van der Waals surface area contributed by atoms with E-state index >= 15 is 0 Å². The van der Waals surface area contributed by atoms with Crippen molar-refractivity contribution in [2.24, 2.45) is 16.8 Å². The minimum absolute atomic E-state index is 0.306. The van der Waals surface area contributed by atoms with Crippen LogP contribution in [0.25, 0.3) is 0 Å². The summed E-state index contributed by atoms with van der Waals surface area (Å²) >= 11 is 0. The van der Waals surface area contributed by atoms with Crippen LogP contribution in [0.1, 0.15) is 33.1 Å². The number of hydrogen-bond donors (Lipinski definition) is 3. The lowest BCUT2D eigenvalue weighted by Gasteiger charge is -2.07. The van der Waals surface area contributed by atoms with Gasteiger partial charge < -0.3 is 21.0 Å². The van der Waals surface area contributed by atoms with Gasteiger partial charge in [-0.25, -0.2) is 0 Å². The number of nitrogens with two attached hydrogens (primary N) is 1. The zero-order valence-corrected chi connectivity index (χ0v) is 10.4. The van der Waals surface area contributed by atoms with Gasteiger partial charge in [0, 0.05) is 19.6 Å². The Morgan fingerprint density at radius 2 is 2.12 bits per heavy atom. The maximum atomic E-state index is 8.31. The second-order valence-corrected chi connectivity index (χ2v) is 4.27. The average Bonchev–Trinajstić information content (AvgIpc) is 2.26. The van der Waals surface area contributed by atoms with Crippen LogP contribution >= 0.6 is 0 Å². The van der Waals surface area contributed by atoms with Crippen LogP contribution in [0.15, 0.2) is 5.16 Å². The molecule has 0 aromatic carbocycles. The second kappa shape index (κ2) is 10.7. The van der Waals surface area contributed by atoms with E-state index in [2.05, 4.69) is 24.3 Å². The van der Waals surface area contributed by atoms with E-state index in [1.807, 2.05) is 0 Å². The lowest BCUT2D eigenvalue weighted by Crippen LogP contribution is -2.22. The second-order valence-electron chi connectivity index (χ2n) is 4.27. The van der Waals surface area contributed by atoms with Crippen molar-refractivity contribution in [1.29, 1.82) is 0 Å². The molecule has 0 amide bonds. The van der Waals surface area contributed by atoms with E-state index in [4.69, 9.17) is 15.7 Å². The Kier molecular flexibility index (Phi) is 10.2. The molecule has 0 heterocycles. The molecule has 96 valence electrons. The molecule has 0 saturated heterocycles. The van der Waals surface area contributed by atoms with E-state index in [0.717, 1.165) is 39.1 Å². The van der Waals surface area contributed by atoms with Crippen molar-refractivity contribution in [3.63, 3.8) is 0 Å².